The Morgan fingerprint density at radius 1 is 1.07 bits per heavy atom. The molecule has 1 aliphatic carbocycles. The highest BCUT2D eigenvalue weighted by atomic mass is 16.2. The smallest absolute Gasteiger partial charge is 0.243 e. The minimum Gasteiger partial charge on any atom is -0.372 e. The maximum atomic E-state index is 14.1. The van der Waals surface area contributed by atoms with Crippen LogP contribution >= 0.6 is 0 Å². The highest BCUT2D eigenvalue weighted by Gasteiger charge is 2.66. The lowest BCUT2D eigenvalue weighted by molar-refractivity contribution is -0.139. The summed E-state index contributed by atoms with van der Waals surface area (Å²) in [5.74, 6) is 0.360. The lowest BCUT2D eigenvalue weighted by atomic mass is 9.95. The maximum Gasteiger partial charge on any atom is 0.243 e. The number of carbonyl (C=O) groups is 4. The highest BCUT2D eigenvalue weighted by Crippen LogP contribution is 2.59. The summed E-state index contributed by atoms with van der Waals surface area (Å²) in [5.41, 5.74) is 3.74. The van der Waals surface area contributed by atoms with Gasteiger partial charge in [-0.2, -0.15) is 0 Å². The first-order chi connectivity index (χ1) is 19.7. The Bertz CT molecular complexity index is 1390. The van der Waals surface area contributed by atoms with E-state index in [0.29, 0.717) is 37.3 Å². The maximum absolute atomic E-state index is 14.1. The number of rotatable bonds is 4. The Morgan fingerprint density at radius 2 is 1.85 bits per heavy atom. The van der Waals surface area contributed by atoms with Crippen LogP contribution in [0.5, 0.6) is 0 Å². The molecule has 2 amide bonds. The van der Waals surface area contributed by atoms with E-state index in [1.54, 1.807) is 6.92 Å². The average molecular weight is 561 g/mol. The first kappa shape index (κ1) is 28.0. The van der Waals surface area contributed by atoms with Gasteiger partial charge in [0.15, 0.2) is 11.6 Å². The molecule has 2 saturated heterocycles. The molecule has 0 spiro atoms. The van der Waals surface area contributed by atoms with Gasteiger partial charge in [0.25, 0.3) is 0 Å². The van der Waals surface area contributed by atoms with Gasteiger partial charge in [-0.1, -0.05) is 26.7 Å². The first-order valence-electron chi connectivity index (χ1n) is 15.7. The largest absolute Gasteiger partial charge is 0.372 e. The number of anilines is 1. The number of nitrogens with zero attached hydrogens (tertiary/aromatic N) is 3. The lowest BCUT2D eigenvalue weighted by Crippen LogP contribution is -2.44. The topological polar surface area (TPSA) is 91.7 Å². The summed E-state index contributed by atoms with van der Waals surface area (Å²) in [4.78, 5) is 57.0. The van der Waals surface area contributed by atoms with Gasteiger partial charge in [0.2, 0.25) is 11.8 Å². The number of hydrogen-bond donors (Lipinski definition) is 1. The van der Waals surface area contributed by atoms with E-state index in [1.165, 1.54) is 18.4 Å². The summed E-state index contributed by atoms with van der Waals surface area (Å²) < 4.78 is 1.98. The zero-order chi connectivity index (χ0) is 28.9. The second-order valence-corrected chi connectivity index (χ2v) is 13.2. The molecule has 0 unspecified atom stereocenters. The Labute approximate surface area is 242 Å². The van der Waals surface area contributed by atoms with Crippen LogP contribution in [0, 0.1) is 11.3 Å². The zero-order valence-electron chi connectivity index (χ0n) is 24.8. The molecule has 1 saturated carbocycles. The van der Waals surface area contributed by atoms with E-state index >= 15 is 0 Å². The van der Waals surface area contributed by atoms with Crippen molar-refractivity contribution in [2.24, 2.45) is 11.3 Å². The van der Waals surface area contributed by atoms with Gasteiger partial charge < -0.3 is 19.7 Å². The molecule has 0 radical (unpaired) electrons. The molecule has 1 N–H and O–H groups in total. The molecule has 4 heterocycles. The molecule has 4 aliphatic rings. The zero-order valence-corrected chi connectivity index (χ0v) is 24.8. The molecule has 4 atom stereocenters. The molecule has 8 heteroatoms. The lowest BCUT2D eigenvalue weighted by Gasteiger charge is -2.27. The number of nitrogens with one attached hydrogen (secondary N) is 1. The molecule has 2 bridgehead atoms. The fraction of sp³-hybridized carbons (Fsp3) is 0.636. The first-order valence-corrected chi connectivity index (χ1v) is 15.7. The number of amides is 2. The van der Waals surface area contributed by atoms with Gasteiger partial charge >= 0.3 is 0 Å². The van der Waals surface area contributed by atoms with Crippen molar-refractivity contribution in [3.05, 3.63) is 29.5 Å². The average Bonchev–Trinajstić information content (AvgIpc) is 3.31. The van der Waals surface area contributed by atoms with E-state index in [2.05, 4.69) is 29.3 Å². The Morgan fingerprint density at radius 3 is 2.59 bits per heavy atom. The Kier molecular flexibility index (Phi) is 7.45. The normalized spacial score (nSPS) is 28.9. The molecule has 8 nitrogen and oxygen atoms in total. The van der Waals surface area contributed by atoms with Crippen molar-refractivity contribution in [1.82, 2.24) is 14.8 Å². The monoisotopic (exact) mass is 560 g/mol. The summed E-state index contributed by atoms with van der Waals surface area (Å²) in [7, 11) is 0. The number of Topliss-reactive ketones (excluding diaryl/α,β-unsaturated/α-hetero) is 2. The van der Waals surface area contributed by atoms with Crippen molar-refractivity contribution in [1.29, 1.82) is 0 Å². The van der Waals surface area contributed by atoms with Crippen LogP contribution in [0.25, 0.3) is 10.9 Å². The van der Waals surface area contributed by atoms with E-state index in [0.717, 1.165) is 61.8 Å². The van der Waals surface area contributed by atoms with Gasteiger partial charge in [-0.15, -0.1) is 0 Å². The van der Waals surface area contributed by atoms with Gasteiger partial charge in [0, 0.05) is 66.8 Å². The van der Waals surface area contributed by atoms with E-state index in [-0.39, 0.29) is 41.4 Å². The number of benzene rings is 1. The van der Waals surface area contributed by atoms with Crippen molar-refractivity contribution in [3.63, 3.8) is 0 Å². The van der Waals surface area contributed by atoms with Gasteiger partial charge in [0.1, 0.15) is 6.54 Å². The van der Waals surface area contributed by atoms with Crippen molar-refractivity contribution >= 4 is 40.0 Å². The summed E-state index contributed by atoms with van der Waals surface area (Å²) in [6, 6.07) is 3.94. The third-order valence-corrected chi connectivity index (χ3v) is 10.2. The van der Waals surface area contributed by atoms with E-state index in [4.69, 9.17) is 0 Å². The van der Waals surface area contributed by atoms with Crippen LogP contribution in [-0.4, -0.2) is 64.6 Å². The Balaban J connectivity index is 1.42. The second kappa shape index (κ2) is 10.9. The Hall–Kier alpha value is -3.16. The summed E-state index contributed by atoms with van der Waals surface area (Å²) in [6.07, 6.45) is 10.3. The van der Waals surface area contributed by atoms with Gasteiger partial charge in [0.05, 0.1) is 11.6 Å². The number of carbonyl (C=O) groups excluding carboxylic acids is 4. The number of aryl methyl sites for hydroxylation is 1. The van der Waals surface area contributed by atoms with Gasteiger partial charge in [-0.05, 0) is 69.1 Å². The predicted molar refractivity (Wildman–Crippen MR) is 159 cm³/mol. The van der Waals surface area contributed by atoms with Crippen LogP contribution in [0.15, 0.2) is 18.3 Å². The third-order valence-electron chi connectivity index (χ3n) is 10.2. The molecule has 1 aromatic heterocycles. The van der Waals surface area contributed by atoms with Crippen molar-refractivity contribution in [2.45, 2.75) is 104 Å². The molecule has 6 rings (SSSR count). The van der Waals surface area contributed by atoms with Crippen molar-refractivity contribution in [2.75, 3.05) is 24.5 Å². The number of ketones is 2. The second-order valence-electron chi connectivity index (χ2n) is 13.2. The highest BCUT2D eigenvalue weighted by molar-refractivity contribution is 6.09. The molecule has 3 fully saturated rings. The van der Waals surface area contributed by atoms with Gasteiger partial charge in [-0.25, -0.2) is 0 Å². The number of aromatic nitrogens is 1. The fourth-order valence-corrected chi connectivity index (χ4v) is 7.82. The quantitative estimate of drug-likeness (QED) is 0.550. The SMILES string of the molecule is CCC(=O)[C@@H]1C[C@]23CNC(=O)C[C@H](C)CCCCc4cc(N5CCCC5)cc5c(C(C)=O)cn(c45)CC(=O)N1[C@@H]2C3. The van der Waals surface area contributed by atoms with Crippen LogP contribution in [0.3, 0.4) is 0 Å². The van der Waals surface area contributed by atoms with Crippen LogP contribution in [0.1, 0.15) is 94.5 Å². The molecule has 220 valence electrons. The molecule has 41 heavy (non-hydrogen) atoms. The van der Waals surface area contributed by atoms with Crippen LogP contribution in [-0.2, 0) is 27.3 Å². The standard InChI is InChI=1S/C33H44N4O4/c1-4-28(39)27-16-33-17-29(33)37(27)31(41)19-36-18-26(22(3)38)25-15-24(35-11-7-8-12-35)14-23(32(25)36)10-6-5-9-21(2)13-30(40)34-20-33/h14-15,18,21,27,29H,4-13,16-17,19-20H2,1-3H3,(H,34,40)/t21-,27+,29-,33+/m1/s1. The summed E-state index contributed by atoms with van der Waals surface area (Å²) >= 11 is 0. The van der Waals surface area contributed by atoms with Crippen molar-refractivity contribution < 1.29 is 19.2 Å². The number of hydrogen-bond acceptors (Lipinski definition) is 5. The van der Waals surface area contributed by atoms with Crippen LogP contribution in [0.4, 0.5) is 5.69 Å². The fourth-order valence-electron chi connectivity index (χ4n) is 7.82. The van der Waals surface area contributed by atoms with E-state index in [1.807, 2.05) is 22.6 Å². The molecular formula is C33H44N4O4. The van der Waals surface area contributed by atoms with Crippen LogP contribution < -0.4 is 10.2 Å². The number of piperidine rings is 1. The summed E-state index contributed by atoms with van der Waals surface area (Å²) in [6.45, 7) is 8.26. The van der Waals surface area contributed by atoms with Crippen LogP contribution in [0.2, 0.25) is 0 Å². The third kappa shape index (κ3) is 5.19. The summed E-state index contributed by atoms with van der Waals surface area (Å²) in [5, 5.41) is 4.08. The van der Waals surface area contributed by atoms with Gasteiger partial charge in [-0.3, -0.25) is 19.2 Å². The van der Waals surface area contributed by atoms with E-state index in [9.17, 15) is 19.2 Å². The molecule has 1 aromatic carbocycles. The van der Waals surface area contributed by atoms with E-state index < -0.39 is 6.04 Å². The van der Waals surface area contributed by atoms with Crippen molar-refractivity contribution in [3.8, 4) is 0 Å². The molecule has 3 aliphatic heterocycles. The molecule has 2 aromatic rings. The molecular weight excluding hydrogens is 516 g/mol. The predicted octanol–water partition coefficient (Wildman–Crippen LogP) is 4.65. The minimum atomic E-state index is -0.448. The minimum absolute atomic E-state index is 0.00107.